The summed E-state index contributed by atoms with van der Waals surface area (Å²) in [4.78, 5) is 14.1. The lowest BCUT2D eigenvalue weighted by molar-refractivity contribution is 0.117. The molecule has 0 fully saturated rings. The monoisotopic (exact) mass is 242 g/mol. The number of nitrogens with one attached hydrogen (secondary N) is 2. The molecule has 0 saturated heterocycles. The molecule has 0 radical (unpaired) electrons. The van der Waals surface area contributed by atoms with E-state index in [2.05, 4.69) is 15.4 Å². The number of rotatable bonds is 6. The predicted molar refractivity (Wildman–Crippen MR) is 65.6 cm³/mol. The van der Waals surface area contributed by atoms with Crippen LogP contribution in [0.1, 0.15) is 34.1 Å². The number of hydrogen-bond acceptors (Lipinski definition) is 4. The minimum absolute atomic E-state index is 0.0342. The Hall–Kier alpha value is -1.14. The highest BCUT2D eigenvalue weighted by Crippen LogP contribution is 2.16. The number of aromatic amines is 1. The summed E-state index contributed by atoms with van der Waals surface area (Å²) in [7, 11) is 0. The first kappa shape index (κ1) is 13.9. The van der Waals surface area contributed by atoms with Crippen LogP contribution in [0.2, 0.25) is 0 Å². The van der Waals surface area contributed by atoms with E-state index >= 15 is 0 Å². The van der Waals surface area contributed by atoms with Gasteiger partial charge in [0, 0.05) is 6.04 Å². The van der Waals surface area contributed by atoms with E-state index < -0.39 is 5.66 Å². The molecule has 0 aliphatic rings. The fraction of sp³-hybridized carbons (Fsp3) is 0.818. The summed E-state index contributed by atoms with van der Waals surface area (Å²) in [6.07, 6.45) is 2.07. The van der Waals surface area contributed by atoms with Crippen molar-refractivity contribution in [2.45, 2.75) is 45.8 Å². The van der Waals surface area contributed by atoms with E-state index in [1.807, 2.05) is 27.7 Å². The molecule has 1 rings (SSSR count). The lowest BCUT2D eigenvalue weighted by atomic mass is 10.0. The van der Waals surface area contributed by atoms with Crippen LogP contribution in [0.25, 0.3) is 0 Å². The molecule has 1 heterocycles. The second kappa shape index (κ2) is 5.46. The summed E-state index contributed by atoms with van der Waals surface area (Å²) >= 11 is 0. The van der Waals surface area contributed by atoms with E-state index in [-0.39, 0.29) is 24.3 Å². The fourth-order valence-electron chi connectivity index (χ4n) is 1.74. The Morgan fingerprint density at radius 3 is 2.65 bits per heavy atom. The van der Waals surface area contributed by atoms with Crippen LogP contribution in [-0.4, -0.2) is 32.5 Å². The maximum Gasteiger partial charge on any atom is 0.344 e. The van der Waals surface area contributed by atoms with Gasteiger partial charge in [0.1, 0.15) is 12.0 Å². The van der Waals surface area contributed by atoms with Gasteiger partial charge in [-0.2, -0.15) is 9.78 Å². The van der Waals surface area contributed by atoms with Gasteiger partial charge in [-0.25, -0.2) is 4.79 Å². The van der Waals surface area contributed by atoms with Gasteiger partial charge in [-0.05, 0) is 19.3 Å². The Labute approximate surface area is 101 Å². The third-order valence-corrected chi connectivity index (χ3v) is 3.21. The third-order valence-electron chi connectivity index (χ3n) is 3.21. The van der Waals surface area contributed by atoms with Crippen molar-refractivity contribution in [1.82, 2.24) is 20.1 Å². The lowest BCUT2D eigenvalue weighted by Crippen LogP contribution is -2.55. The Bertz CT molecular complexity index is 398. The molecule has 1 aromatic heterocycles. The van der Waals surface area contributed by atoms with Crippen molar-refractivity contribution in [3.63, 3.8) is 0 Å². The molecular formula is C11H22N4O2. The Kier molecular flexibility index (Phi) is 4.47. The summed E-state index contributed by atoms with van der Waals surface area (Å²) in [6.45, 7) is 7.96. The highest BCUT2D eigenvalue weighted by Gasteiger charge is 2.30. The van der Waals surface area contributed by atoms with Crippen LogP contribution in [-0.2, 0) is 5.66 Å². The largest absolute Gasteiger partial charge is 0.395 e. The SMILES string of the molecule is CCC(C)(NC(CO)C(C)C)n1nc[nH]c1=O. The molecule has 0 spiro atoms. The van der Waals surface area contributed by atoms with Gasteiger partial charge < -0.3 is 5.11 Å². The summed E-state index contributed by atoms with van der Waals surface area (Å²) in [5.74, 6) is 0.278. The summed E-state index contributed by atoms with van der Waals surface area (Å²) < 4.78 is 1.39. The second-order valence-corrected chi connectivity index (χ2v) is 4.81. The molecule has 0 aliphatic carbocycles. The van der Waals surface area contributed by atoms with E-state index in [9.17, 15) is 9.90 Å². The molecule has 3 N–H and O–H groups in total. The smallest absolute Gasteiger partial charge is 0.344 e. The van der Waals surface area contributed by atoms with Crippen molar-refractivity contribution < 1.29 is 5.11 Å². The van der Waals surface area contributed by atoms with E-state index in [0.717, 1.165) is 0 Å². The minimum atomic E-state index is -0.589. The van der Waals surface area contributed by atoms with Crippen LogP contribution in [0, 0.1) is 5.92 Å². The molecule has 1 aromatic rings. The van der Waals surface area contributed by atoms with Gasteiger partial charge in [0.15, 0.2) is 0 Å². The van der Waals surface area contributed by atoms with Gasteiger partial charge in [-0.3, -0.25) is 10.3 Å². The average Bonchev–Trinajstić information content (AvgIpc) is 2.72. The zero-order chi connectivity index (χ0) is 13.1. The normalized spacial score (nSPS) is 17.1. The molecule has 17 heavy (non-hydrogen) atoms. The predicted octanol–water partition coefficient (Wildman–Crippen LogP) is 0.261. The molecular weight excluding hydrogens is 220 g/mol. The van der Waals surface area contributed by atoms with E-state index in [0.29, 0.717) is 6.42 Å². The molecule has 0 aliphatic heterocycles. The summed E-state index contributed by atoms with van der Waals surface area (Å²) in [6, 6.07) is -0.0662. The number of aliphatic hydroxyl groups excluding tert-OH is 1. The van der Waals surface area contributed by atoms with Crippen molar-refractivity contribution in [3.8, 4) is 0 Å². The molecule has 2 atom stereocenters. The third kappa shape index (κ3) is 2.95. The molecule has 0 amide bonds. The molecule has 2 unspecified atom stereocenters. The first-order valence-corrected chi connectivity index (χ1v) is 5.96. The van der Waals surface area contributed by atoms with Gasteiger partial charge in [0.05, 0.1) is 6.61 Å². The van der Waals surface area contributed by atoms with Gasteiger partial charge in [0.25, 0.3) is 0 Å². The van der Waals surface area contributed by atoms with Crippen molar-refractivity contribution in [2.24, 2.45) is 5.92 Å². The fourth-order valence-corrected chi connectivity index (χ4v) is 1.74. The van der Waals surface area contributed by atoms with Crippen LogP contribution >= 0.6 is 0 Å². The minimum Gasteiger partial charge on any atom is -0.395 e. The standard InChI is InChI=1S/C11H22N4O2/c1-5-11(4,14-9(6-16)8(2)3)15-10(17)12-7-13-15/h7-9,14,16H,5-6H2,1-4H3,(H,12,13,17). The van der Waals surface area contributed by atoms with E-state index in [1.165, 1.54) is 11.0 Å². The van der Waals surface area contributed by atoms with Crippen molar-refractivity contribution >= 4 is 0 Å². The number of nitrogens with zero attached hydrogens (tertiary/aromatic N) is 2. The zero-order valence-corrected chi connectivity index (χ0v) is 10.9. The zero-order valence-electron chi connectivity index (χ0n) is 10.9. The van der Waals surface area contributed by atoms with Crippen LogP contribution < -0.4 is 11.0 Å². The summed E-state index contributed by atoms with van der Waals surface area (Å²) in [5, 5.41) is 16.7. The molecule has 6 nitrogen and oxygen atoms in total. The topological polar surface area (TPSA) is 82.9 Å². The van der Waals surface area contributed by atoms with Crippen molar-refractivity contribution in [3.05, 3.63) is 16.8 Å². The highest BCUT2D eigenvalue weighted by molar-refractivity contribution is 4.83. The van der Waals surface area contributed by atoms with Gasteiger partial charge in [0.2, 0.25) is 0 Å². The molecule has 0 bridgehead atoms. The Morgan fingerprint density at radius 2 is 2.29 bits per heavy atom. The van der Waals surface area contributed by atoms with Crippen LogP contribution in [0.15, 0.2) is 11.1 Å². The Balaban J connectivity index is 2.97. The maximum atomic E-state index is 11.6. The molecule has 98 valence electrons. The molecule has 0 saturated carbocycles. The quantitative estimate of drug-likeness (QED) is 0.668. The lowest BCUT2D eigenvalue weighted by Gasteiger charge is -2.34. The van der Waals surface area contributed by atoms with Crippen molar-refractivity contribution in [2.75, 3.05) is 6.61 Å². The number of hydrogen-bond donors (Lipinski definition) is 3. The first-order chi connectivity index (χ1) is 7.94. The van der Waals surface area contributed by atoms with E-state index in [4.69, 9.17) is 0 Å². The average molecular weight is 242 g/mol. The number of aliphatic hydroxyl groups is 1. The maximum absolute atomic E-state index is 11.6. The van der Waals surface area contributed by atoms with Gasteiger partial charge >= 0.3 is 5.69 Å². The molecule has 6 heteroatoms. The molecule has 0 aromatic carbocycles. The number of H-pyrrole nitrogens is 1. The van der Waals surface area contributed by atoms with Gasteiger partial charge in [-0.1, -0.05) is 20.8 Å². The first-order valence-electron chi connectivity index (χ1n) is 5.96. The number of aromatic nitrogens is 3. The van der Waals surface area contributed by atoms with Crippen LogP contribution in [0.3, 0.4) is 0 Å². The van der Waals surface area contributed by atoms with Crippen molar-refractivity contribution in [1.29, 1.82) is 0 Å². The Morgan fingerprint density at radius 1 is 1.65 bits per heavy atom. The highest BCUT2D eigenvalue weighted by atomic mass is 16.3. The van der Waals surface area contributed by atoms with E-state index in [1.54, 1.807) is 0 Å². The van der Waals surface area contributed by atoms with Gasteiger partial charge in [-0.15, -0.1) is 0 Å². The van der Waals surface area contributed by atoms with Crippen LogP contribution in [0.4, 0.5) is 0 Å². The van der Waals surface area contributed by atoms with Crippen LogP contribution in [0.5, 0.6) is 0 Å². The second-order valence-electron chi connectivity index (χ2n) is 4.81. The summed E-state index contributed by atoms with van der Waals surface area (Å²) in [5.41, 5.74) is -0.836.